The summed E-state index contributed by atoms with van der Waals surface area (Å²) in [5.74, 6) is 0.571. The van der Waals surface area contributed by atoms with Gasteiger partial charge in [-0.05, 0) is 25.1 Å². The minimum atomic E-state index is -0.0875. The molecule has 1 aromatic carbocycles. The van der Waals surface area contributed by atoms with Gasteiger partial charge in [0.15, 0.2) is 0 Å². The summed E-state index contributed by atoms with van der Waals surface area (Å²) in [4.78, 5) is 13.6. The number of benzene rings is 1. The van der Waals surface area contributed by atoms with Gasteiger partial charge >= 0.3 is 0 Å². The summed E-state index contributed by atoms with van der Waals surface area (Å²) in [6, 6.07) is 7.01. The van der Waals surface area contributed by atoms with E-state index in [1.807, 2.05) is 6.92 Å². The summed E-state index contributed by atoms with van der Waals surface area (Å²) in [5, 5.41) is 8.85. The Bertz CT molecular complexity index is 352. The van der Waals surface area contributed by atoms with Crippen molar-refractivity contribution in [1.29, 1.82) is 0 Å². The topological polar surface area (TPSA) is 49.8 Å². The Labute approximate surface area is 95.5 Å². The van der Waals surface area contributed by atoms with Crippen LogP contribution in [0.25, 0.3) is 0 Å². The molecular formula is C12H17NO3. The summed E-state index contributed by atoms with van der Waals surface area (Å²) in [6.45, 7) is 2.79. The van der Waals surface area contributed by atoms with E-state index in [4.69, 9.17) is 9.84 Å². The number of carbonyl (C=O) groups is 1. The van der Waals surface area contributed by atoms with Crippen LogP contribution in [0.15, 0.2) is 24.3 Å². The summed E-state index contributed by atoms with van der Waals surface area (Å²) < 4.78 is 5.06. The monoisotopic (exact) mass is 223 g/mol. The van der Waals surface area contributed by atoms with Crippen LogP contribution in [0.3, 0.4) is 0 Å². The van der Waals surface area contributed by atoms with Crippen LogP contribution < -0.4 is 4.74 Å². The molecule has 88 valence electrons. The summed E-state index contributed by atoms with van der Waals surface area (Å²) in [7, 11) is 1.56. The van der Waals surface area contributed by atoms with Gasteiger partial charge in [-0.1, -0.05) is 6.07 Å². The van der Waals surface area contributed by atoms with Crippen molar-refractivity contribution in [2.24, 2.45) is 0 Å². The van der Waals surface area contributed by atoms with Crippen molar-refractivity contribution in [3.8, 4) is 5.75 Å². The van der Waals surface area contributed by atoms with Gasteiger partial charge in [-0.15, -0.1) is 0 Å². The Hall–Kier alpha value is -1.55. The van der Waals surface area contributed by atoms with Crippen LogP contribution >= 0.6 is 0 Å². The highest BCUT2D eigenvalue weighted by Crippen LogP contribution is 2.14. The van der Waals surface area contributed by atoms with Crippen molar-refractivity contribution < 1.29 is 14.6 Å². The van der Waals surface area contributed by atoms with Gasteiger partial charge in [0.1, 0.15) is 5.75 Å². The number of rotatable bonds is 5. The number of likely N-dealkylation sites (N-methyl/N-ethyl adjacent to an activating group) is 1. The van der Waals surface area contributed by atoms with E-state index in [0.717, 1.165) is 0 Å². The third-order valence-electron chi connectivity index (χ3n) is 2.36. The fourth-order valence-electron chi connectivity index (χ4n) is 1.46. The van der Waals surface area contributed by atoms with Crippen LogP contribution in [0.5, 0.6) is 5.75 Å². The second kappa shape index (κ2) is 6.12. The van der Waals surface area contributed by atoms with E-state index in [0.29, 0.717) is 24.4 Å². The highest BCUT2D eigenvalue weighted by atomic mass is 16.5. The lowest BCUT2D eigenvalue weighted by molar-refractivity contribution is 0.0731. The number of amides is 1. The fourth-order valence-corrected chi connectivity index (χ4v) is 1.46. The zero-order valence-corrected chi connectivity index (χ0v) is 9.64. The van der Waals surface area contributed by atoms with Crippen LogP contribution in [-0.4, -0.2) is 42.7 Å². The van der Waals surface area contributed by atoms with Crippen molar-refractivity contribution in [3.63, 3.8) is 0 Å². The number of hydrogen-bond acceptors (Lipinski definition) is 3. The first-order chi connectivity index (χ1) is 7.72. The van der Waals surface area contributed by atoms with Crippen molar-refractivity contribution in [3.05, 3.63) is 29.8 Å². The van der Waals surface area contributed by atoms with E-state index in [9.17, 15) is 4.79 Å². The smallest absolute Gasteiger partial charge is 0.254 e. The average Bonchev–Trinajstić information content (AvgIpc) is 2.35. The molecule has 0 saturated heterocycles. The maximum atomic E-state index is 12.0. The Kier molecular flexibility index (Phi) is 4.79. The molecule has 1 amide bonds. The molecule has 0 saturated carbocycles. The molecule has 0 unspecified atom stereocenters. The molecule has 0 fully saturated rings. The van der Waals surface area contributed by atoms with Crippen molar-refractivity contribution >= 4 is 5.91 Å². The SMILES string of the molecule is CCN(CCO)C(=O)c1cccc(OC)c1. The normalized spacial score (nSPS) is 9.94. The average molecular weight is 223 g/mol. The first-order valence-corrected chi connectivity index (χ1v) is 5.27. The highest BCUT2D eigenvalue weighted by Gasteiger charge is 2.13. The molecule has 0 aliphatic carbocycles. The van der Waals surface area contributed by atoms with Crippen LogP contribution in [0.1, 0.15) is 17.3 Å². The number of nitrogens with zero attached hydrogens (tertiary/aromatic N) is 1. The maximum Gasteiger partial charge on any atom is 0.254 e. The highest BCUT2D eigenvalue weighted by molar-refractivity contribution is 5.94. The number of carbonyl (C=O) groups excluding carboxylic acids is 1. The minimum absolute atomic E-state index is 0.0243. The van der Waals surface area contributed by atoms with E-state index in [2.05, 4.69) is 0 Å². The predicted octanol–water partition coefficient (Wildman–Crippen LogP) is 1.15. The summed E-state index contributed by atoms with van der Waals surface area (Å²) in [6.07, 6.45) is 0. The van der Waals surface area contributed by atoms with Crippen molar-refractivity contribution in [2.75, 3.05) is 26.8 Å². The van der Waals surface area contributed by atoms with Gasteiger partial charge < -0.3 is 14.7 Å². The Balaban J connectivity index is 2.85. The van der Waals surface area contributed by atoms with Crippen LogP contribution in [0, 0.1) is 0 Å². The van der Waals surface area contributed by atoms with Gasteiger partial charge in [-0.2, -0.15) is 0 Å². The van der Waals surface area contributed by atoms with E-state index >= 15 is 0 Å². The quantitative estimate of drug-likeness (QED) is 0.814. The maximum absolute atomic E-state index is 12.0. The Morgan fingerprint density at radius 1 is 1.50 bits per heavy atom. The number of hydrogen-bond donors (Lipinski definition) is 1. The first-order valence-electron chi connectivity index (χ1n) is 5.27. The minimum Gasteiger partial charge on any atom is -0.497 e. The fraction of sp³-hybridized carbons (Fsp3) is 0.417. The largest absolute Gasteiger partial charge is 0.497 e. The van der Waals surface area contributed by atoms with Crippen LogP contribution in [0.4, 0.5) is 0 Å². The van der Waals surface area contributed by atoms with Gasteiger partial charge in [-0.3, -0.25) is 4.79 Å². The lowest BCUT2D eigenvalue weighted by atomic mass is 10.2. The Morgan fingerprint density at radius 3 is 2.81 bits per heavy atom. The predicted molar refractivity (Wildman–Crippen MR) is 61.7 cm³/mol. The molecule has 0 bridgehead atoms. The second-order valence-corrected chi connectivity index (χ2v) is 3.34. The number of ether oxygens (including phenoxy) is 1. The molecule has 0 radical (unpaired) electrons. The van der Waals surface area contributed by atoms with Crippen LogP contribution in [-0.2, 0) is 0 Å². The number of methoxy groups -OCH3 is 1. The molecule has 4 nitrogen and oxygen atoms in total. The summed E-state index contributed by atoms with van der Waals surface area (Å²) in [5.41, 5.74) is 0.578. The Morgan fingerprint density at radius 2 is 2.25 bits per heavy atom. The molecule has 0 aromatic heterocycles. The number of aliphatic hydroxyl groups excluding tert-OH is 1. The molecule has 16 heavy (non-hydrogen) atoms. The second-order valence-electron chi connectivity index (χ2n) is 3.34. The number of aliphatic hydroxyl groups is 1. The third-order valence-corrected chi connectivity index (χ3v) is 2.36. The zero-order chi connectivity index (χ0) is 12.0. The van der Waals surface area contributed by atoms with E-state index in [1.165, 1.54) is 0 Å². The van der Waals surface area contributed by atoms with Gasteiger partial charge in [-0.25, -0.2) is 0 Å². The molecule has 1 N–H and O–H groups in total. The standard InChI is InChI=1S/C12H17NO3/c1-3-13(7-8-14)12(15)10-5-4-6-11(9-10)16-2/h4-6,9,14H,3,7-8H2,1-2H3. The van der Waals surface area contributed by atoms with Gasteiger partial charge in [0.05, 0.1) is 13.7 Å². The molecule has 0 heterocycles. The van der Waals surface area contributed by atoms with Gasteiger partial charge in [0.2, 0.25) is 0 Å². The van der Waals surface area contributed by atoms with Crippen LogP contribution in [0.2, 0.25) is 0 Å². The lowest BCUT2D eigenvalue weighted by Gasteiger charge is -2.19. The first kappa shape index (κ1) is 12.5. The molecular weight excluding hydrogens is 206 g/mol. The van der Waals surface area contributed by atoms with Crippen molar-refractivity contribution in [1.82, 2.24) is 4.90 Å². The zero-order valence-electron chi connectivity index (χ0n) is 9.64. The molecule has 0 spiro atoms. The third kappa shape index (κ3) is 2.97. The lowest BCUT2D eigenvalue weighted by Crippen LogP contribution is -2.33. The molecule has 1 rings (SSSR count). The molecule has 4 heteroatoms. The van der Waals surface area contributed by atoms with Gasteiger partial charge in [0.25, 0.3) is 5.91 Å². The molecule has 0 atom stereocenters. The van der Waals surface area contributed by atoms with E-state index < -0.39 is 0 Å². The van der Waals surface area contributed by atoms with E-state index in [1.54, 1.807) is 36.3 Å². The van der Waals surface area contributed by atoms with E-state index in [-0.39, 0.29) is 12.5 Å². The molecule has 1 aromatic rings. The molecule has 0 aliphatic rings. The van der Waals surface area contributed by atoms with Crippen molar-refractivity contribution in [2.45, 2.75) is 6.92 Å². The summed E-state index contributed by atoms with van der Waals surface area (Å²) >= 11 is 0. The van der Waals surface area contributed by atoms with Gasteiger partial charge in [0, 0.05) is 18.7 Å². The molecule has 0 aliphatic heterocycles.